The molecule has 11 nitrogen and oxygen atoms in total. The zero-order chi connectivity index (χ0) is 36.4. The van der Waals surface area contributed by atoms with Crippen LogP contribution in [-0.2, 0) is 32.7 Å². The number of esters is 1. The molecular weight excluding hydrogens is 649 g/mol. The molecule has 0 aliphatic rings. The molecular formula is C37H64NO10P. The maximum Gasteiger partial charge on any atom is 0.472 e. The van der Waals surface area contributed by atoms with Crippen molar-refractivity contribution >= 4 is 25.7 Å². The summed E-state index contributed by atoms with van der Waals surface area (Å²) in [5.41, 5.74) is 0. The van der Waals surface area contributed by atoms with Crippen molar-refractivity contribution in [3.05, 3.63) is 48.6 Å². The third-order valence-electron chi connectivity index (χ3n) is 7.37. The number of phosphoric ester groups is 1. The number of aliphatic hydroxyl groups is 1. The van der Waals surface area contributed by atoms with Gasteiger partial charge < -0.3 is 25.2 Å². The maximum atomic E-state index is 12.2. The number of aliphatic hydroxyl groups excluding tert-OH is 1. The van der Waals surface area contributed by atoms with E-state index in [1.54, 1.807) is 0 Å². The van der Waals surface area contributed by atoms with Gasteiger partial charge >= 0.3 is 19.8 Å². The van der Waals surface area contributed by atoms with Crippen molar-refractivity contribution < 1.29 is 47.8 Å². The standard InChI is InChI=1S/C37H64NO10P/c1-3-5-7-8-9-10-11-12-13-14-15-16-17-18-19-20-21-22-23-24-25-26-27-28-35(40)38-34(37(42)43)32-48-49(44,45)47-31-33(39)30-46-36(41)29-6-4-2/h9-10,12-13,15-16,18-19,33-34,39H,3-8,11,14,17,20-32H2,1-2H3,(H,38,40)(H,42,43)(H,44,45)/b10-9-,13-12-,16-15-,19-18-. The lowest BCUT2D eigenvalue weighted by Crippen LogP contribution is -2.43. The molecule has 0 aliphatic heterocycles. The molecule has 0 spiro atoms. The first-order valence-electron chi connectivity index (χ1n) is 18.2. The molecule has 0 fully saturated rings. The lowest BCUT2D eigenvalue weighted by molar-refractivity contribution is -0.147. The first kappa shape index (κ1) is 46.4. The number of allylic oxidation sites excluding steroid dienone is 8. The van der Waals surface area contributed by atoms with E-state index in [2.05, 4.69) is 65.4 Å². The first-order valence-corrected chi connectivity index (χ1v) is 19.7. The van der Waals surface area contributed by atoms with Crippen LogP contribution in [0.5, 0.6) is 0 Å². The summed E-state index contributed by atoms with van der Waals surface area (Å²) in [6.45, 7) is 2.23. The smallest absolute Gasteiger partial charge is 0.472 e. The fourth-order valence-corrected chi connectivity index (χ4v) is 5.22. The first-order chi connectivity index (χ1) is 23.6. The molecule has 0 rings (SSSR count). The van der Waals surface area contributed by atoms with Crippen molar-refractivity contribution in [3.63, 3.8) is 0 Å². The Balaban J connectivity index is 3.90. The molecule has 0 radical (unpaired) electrons. The minimum absolute atomic E-state index is 0.131. The predicted octanol–water partition coefficient (Wildman–Crippen LogP) is 8.27. The molecule has 3 atom stereocenters. The van der Waals surface area contributed by atoms with Crippen LogP contribution < -0.4 is 5.32 Å². The molecule has 49 heavy (non-hydrogen) atoms. The molecule has 0 aromatic rings. The Kier molecular flexibility index (Phi) is 30.9. The van der Waals surface area contributed by atoms with E-state index in [1.807, 2.05) is 6.92 Å². The van der Waals surface area contributed by atoms with Crippen molar-refractivity contribution in [1.82, 2.24) is 5.32 Å². The molecule has 0 saturated carbocycles. The zero-order valence-electron chi connectivity index (χ0n) is 30.0. The molecule has 3 unspecified atom stereocenters. The number of unbranched alkanes of at least 4 members (excludes halogenated alkanes) is 11. The fourth-order valence-electron chi connectivity index (χ4n) is 4.45. The summed E-state index contributed by atoms with van der Waals surface area (Å²) in [4.78, 5) is 45.0. The molecule has 1 amide bonds. The van der Waals surface area contributed by atoms with Gasteiger partial charge in [-0.1, -0.05) is 114 Å². The van der Waals surface area contributed by atoms with Crippen LogP contribution in [0.15, 0.2) is 48.6 Å². The van der Waals surface area contributed by atoms with E-state index in [0.717, 1.165) is 70.6 Å². The Morgan fingerprint density at radius 3 is 1.69 bits per heavy atom. The number of rotatable bonds is 33. The number of phosphoric acid groups is 1. The van der Waals surface area contributed by atoms with E-state index in [0.29, 0.717) is 12.8 Å². The average molecular weight is 714 g/mol. The summed E-state index contributed by atoms with van der Waals surface area (Å²) >= 11 is 0. The minimum atomic E-state index is -4.73. The second-order valence-corrected chi connectivity index (χ2v) is 13.5. The van der Waals surface area contributed by atoms with Gasteiger partial charge in [0.05, 0.1) is 13.2 Å². The molecule has 12 heteroatoms. The monoisotopic (exact) mass is 713 g/mol. The number of carboxylic acid groups (broad SMARTS) is 1. The highest BCUT2D eigenvalue weighted by molar-refractivity contribution is 7.47. The van der Waals surface area contributed by atoms with Gasteiger partial charge in [0.2, 0.25) is 5.91 Å². The summed E-state index contributed by atoms with van der Waals surface area (Å²) in [6.07, 6.45) is 34.2. The highest BCUT2D eigenvalue weighted by Crippen LogP contribution is 2.43. The zero-order valence-corrected chi connectivity index (χ0v) is 30.9. The Morgan fingerprint density at radius 1 is 0.653 bits per heavy atom. The van der Waals surface area contributed by atoms with E-state index in [-0.39, 0.29) is 12.8 Å². The summed E-state index contributed by atoms with van der Waals surface area (Å²) in [7, 11) is -4.73. The lowest BCUT2D eigenvalue weighted by atomic mass is 10.1. The molecule has 0 aliphatic carbocycles. The largest absolute Gasteiger partial charge is 0.480 e. The van der Waals surface area contributed by atoms with Crippen LogP contribution >= 0.6 is 7.82 Å². The third-order valence-corrected chi connectivity index (χ3v) is 8.32. The molecule has 0 aromatic carbocycles. The SMILES string of the molecule is CCCCC/C=C\C/C=C\C/C=C\C/C=C\CCCCCCCCCC(=O)NC(COP(=O)(O)OCC(O)COC(=O)CCCC)C(=O)O. The fraction of sp³-hybridized carbons (Fsp3) is 0.703. The summed E-state index contributed by atoms with van der Waals surface area (Å²) in [5, 5.41) is 21.5. The second kappa shape index (κ2) is 32.6. The summed E-state index contributed by atoms with van der Waals surface area (Å²) in [5.74, 6) is -2.43. The Morgan fingerprint density at radius 2 is 1.14 bits per heavy atom. The predicted molar refractivity (Wildman–Crippen MR) is 194 cm³/mol. The molecule has 0 heterocycles. The van der Waals surface area contributed by atoms with Gasteiger partial charge in [-0.25, -0.2) is 9.36 Å². The summed E-state index contributed by atoms with van der Waals surface area (Å²) < 4.78 is 26.3. The van der Waals surface area contributed by atoms with Crippen molar-refractivity contribution in [2.75, 3.05) is 19.8 Å². The van der Waals surface area contributed by atoms with Gasteiger partial charge in [-0.3, -0.25) is 18.6 Å². The van der Waals surface area contributed by atoms with Crippen LogP contribution in [0.2, 0.25) is 0 Å². The number of nitrogens with one attached hydrogen (secondary N) is 1. The van der Waals surface area contributed by atoms with Crippen molar-refractivity contribution in [2.24, 2.45) is 0 Å². The van der Waals surface area contributed by atoms with Crippen molar-refractivity contribution in [2.45, 2.75) is 148 Å². The number of ether oxygens (including phenoxy) is 1. The van der Waals surface area contributed by atoms with Gasteiger partial charge in [-0.15, -0.1) is 0 Å². The van der Waals surface area contributed by atoms with Crippen LogP contribution in [0.4, 0.5) is 0 Å². The molecule has 0 aromatic heterocycles. The molecule has 0 bridgehead atoms. The average Bonchev–Trinajstić information content (AvgIpc) is 3.07. The van der Waals surface area contributed by atoms with E-state index in [1.165, 1.54) is 25.7 Å². The number of carbonyl (C=O) groups is 3. The van der Waals surface area contributed by atoms with Crippen LogP contribution in [0.3, 0.4) is 0 Å². The topological polar surface area (TPSA) is 169 Å². The number of hydrogen-bond donors (Lipinski definition) is 4. The van der Waals surface area contributed by atoms with Gasteiger partial charge in [-0.05, 0) is 57.8 Å². The lowest BCUT2D eigenvalue weighted by Gasteiger charge is -2.18. The number of carboxylic acids is 1. The van der Waals surface area contributed by atoms with Crippen LogP contribution in [0.1, 0.15) is 136 Å². The molecule has 4 N–H and O–H groups in total. The number of amides is 1. The van der Waals surface area contributed by atoms with Crippen LogP contribution in [-0.4, -0.2) is 64.9 Å². The van der Waals surface area contributed by atoms with Gasteiger partial charge in [-0.2, -0.15) is 0 Å². The van der Waals surface area contributed by atoms with Gasteiger partial charge in [0.25, 0.3) is 0 Å². The van der Waals surface area contributed by atoms with Crippen LogP contribution in [0.25, 0.3) is 0 Å². The maximum absolute atomic E-state index is 12.2. The van der Waals surface area contributed by atoms with E-state index < -0.39 is 57.6 Å². The normalized spacial score (nSPS) is 14.5. The van der Waals surface area contributed by atoms with Crippen molar-refractivity contribution in [3.8, 4) is 0 Å². The van der Waals surface area contributed by atoms with E-state index in [9.17, 15) is 34.1 Å². The highest BCUT2D eigenvalue weighted by atomic mass is 31.2. The van der Waals surface area contributed by atoms with Gasteiger partial charge in [0.1, 0.15) is 12.7 Å². The second-order valence-electron chi connectivity index (χ2n) is 12.1. The number of carbonyl (C=O) groups excluding carboxylic acids is 2. The third kappa shape index (κ3) is 32.4. The van der Waals surface area contributed by atoms with Gasteiger partial charge in [0.15, 0.2) is 6.04 Å². The number of hydrogen-bond acceptors (Lipinski definition) is 8. The minimum Gasteiger partial charge on any atom is -0.480 e. The Labute approximate surface area is 294 Å². The molecule has 0 saturated heterocycles. The number of aliphatic carboxylic acids is 1. The molecule has 282 valence electrons. The van der Waals surface area contributed by atoms with Crippen molar-refractivity contribution in [1.29, 1.82) is 0 Å². The Bertz CT molecular complexity index is 1030. The Hall–Kier alpha value is -2.56. The highest BCUT2D eigenvalue weighted by Gasteiger charge is 2.28. The van der Waals surface area contributed by atoms with Gasteiger partial charge in [0, 0.05) is 12.8 Å². The quantitative estimate of drug-likeness (QED) is 0.0225. The van der Waals surface area contributed by atoms with E-state index in [4.69, 9.17) is 9.26 Å². The van der Waals surface area contributed by atoms with Crippen LogP contribution in [0, 0.1) is 0 Å². The summed E-state index contributed by atoms with van der Waals surface area (Å²) in [6, 6.07) is -1.55. The van der Waals surface area contributed by atoms with E-state index >= 15 is 0 Å².